The first-order valence-electron chi connectivity index (χ1n) is 9.11. The van der Waals surface area contributed by atoms with Crippen molar-refractivity contribution >= 4 is 0 Å². The van der Waals surface area contributed by atoms with Crippen molar-refractivity contribution in [1.29, 1.82) is 0 Å². The topological polar surface area (TPSA) is 69.0 Å². The van der Waals surface area contributed by atoms with Gasteiger partial charge in [0.15, 0.2) is 0 Å². The molecule has 0 saturated heterocycles. The van der Waals surface area contributed by atoms with E-state index in [-0.39, 0.29) is 38.2 Å². The molecule has 0 aromatic carbocycles. The molecule has 1 unspecified atom stereocenters. The molecular weight excluding hydrogens is 387 g/mol. The summed E-state index contributed by atoms with van der Waals surface area (Å²) in [5.41, 5.74) is 7.77. The van der Waals surface area contributed by atoms with E-state index >= 15 is 0 Å². The minimum atomic E-state index is -0.488. The van der Waals surface area contributed by atoms with E-state index in [1.54, 1.807) is 12.4 Å². The van der Waals surface area contributed by atoms with Crippen LogP contribution >= 0.6 is 0 Å². The molecule has 1 atom stereocenters. The Morgan fingerprint density at radius 2 is 1.84 bits per heavy atom. The minimum absolute atomic E-state index is 0. The maximum Gasteiger partial charge on any atom is 0.0929 e. The first kappa shape index (κ1) is 27.4. The Balaban J connectivity index is 0. The molecule has 0 amide bonds. The predicted octanol–water partition coefficient (Wildman–Crippen LogP) is 5.02. The van der Waals surface area contributed by atoms with Gasteiger partial charge in [0.1, 0.15) is 0 Å². The number of nitrogens with one attached hydrogen (secondary N) is 2. The van der Waals surface area contributed by atoms with Crippen molar-refractivity contribution in [3.63, 3.8) is 0 Å². The second-order valence-electron chi connectivity index (χ2n) is 6.86. The summed E-state index contributed by atoms with van der Waals surface area (Å²) in [5.74, 6) is 0. The molecule has 1 fully saturated rings. The number of hydrogen-bond donors (Lipinski definition) is 2. The molecule has 1 aromatic rings. The van der Waals surface area contributed by atoms with Crippen LogP contribution in [0.4, 0.5) is 0 Å². The summed E-state index contributed by atoms with van der Waals surface area (Å²) in [6.45, 7) is 8.94. The zero-order valence-electron chi connectivity index (χ0n) is 16.8. The summed E-state index contributed by atoms with van der Waals surface area (Å²) in [4.78, 5) is 4.08. The van der Waals surface area contributed by atoms with E-state index in [0.29, 0.717) is 6.54 Å². The summed E-state index contributed by atoms with van der Waals surface area (Å²) < 4.78 is 0. The predicted molar refractivity (Wildman–Crippen MR) is 104 cm³/mol. The van der Waals surface area contributed by atoms with E-state index in [9.17, 15) is 5.11 Å². The summed E-state index contributed by atoms with van der Waals surface area (Å²) in [6, 6.07) is 1.97. The fourth-order valence-electron chi connectivity index (χ4n) is 2.27. The van der Waals surface area contributed by atoms with Crippen molar-refractivity contribution in [1.82, 2.24) is 10.3 Å². The number of aryl methyl sites for hydroxylation is 1. The number of nitrogens with zero attached hydrogens (tertiary/aromatic N) is 1. The quantitative estimate of drug-likeness (QED) is 0.652. The molecule has 5 heteroatoms. The Hall–Kier alpha value is 0.134. The van der Waals surface area contributed by atoms with Crippen LogP contribution in [0.5, 0.6) is 0 Å². The fourth-order valence-corrected chi connectivity index (χ4v) is 2.27. The largest absolute Gasteiger partial charge is 0.680 e. The van der Waals surface area contributed by atoms with E-state index in [4.69, 9.17) is 5.73 Å². The van der Waals surface area contributed by atoms with Crippen LogP contribution in [-0.2, 0) is 32.7 Å². The molecule has 0 spiro atoms. The Morgan fingerprint density at radius 1 is 1.24 bits per heavy atom. The second-order valence-corrected chi connectivity index (χ2v) is 6.86. The average Bonchev–Trinajstić information content (AvgIpc) is 2.63. The van der Waals surface area contributed by atoms with Gasteiger partial charge < -0.3 is 22.6 Å². The third-order valence-corrected chi connectivity index (χ3v) is 4.26. The Kier molecular flexibility index (Phi) is 17.9. The standard InChI is InChI=1S/C13H22N2O.C6H11.CH4N.Y/c1-5-13(3,4)15-9-12(16)11-6-10(2)7-14-8-11;1-2-4-6-5-3-1;1-2;/h6-8,12,15-16H,5,9H2,1-4H3;1H,2-6H2;2H,1H3;/q;2*-1;. The van der Waals surface area contributed by atoms with Gasteiger partial charge in [-0.1, -0.05) is 32.3 Å². The van der Waals surface area contributed by atoms with Gasteiger partial charge in [0, 0.05) is 62.7 Å². The van der Waals surface area contributed by atoms with Crippen molar-refractivity contribution in [3.05, 3.63) is 41.7 Å². The molecule has 1 heterocycles. The number of pyridine rings is 1. The van der Waals surface area contributed by atoms with E-state index in [0.717, 1.165) is 17.5 Å². The van der Waals surface area contributed by atoms with Crippen LogP contribution in [-0.4, -0.2) is 29.2 Å². The van der Waals surface area contributed by atoms with E-state index in [1.807, 2.05) is 13.0 Å². The van der Waals surface area contributed by atoms with Gasteiger partial charge in [-0.2, -0.15) is 19.9 Å². The van der Waals surface area contributed by atoms with Crippen LogP contribution in [0.25, 0.3) is 5.73 Å². The molecule has 4 nitrogen and oxygen atoms in total. The number of aliphatic hydroxyl groups excluding tert-OH is 1. The van der Waals surface area contributed by atoms with Crippen LogP contribution in [0.15, 0.2) is 18.5 Å². The van der Waals surface area contributed by atoms with Crippen molar-refractivity contribution < 1.29 is 37.8 Å². The summed E-state index contributed by atoms with van der Waals surface area (Å²) >= 11 is 0. The number of β-amino-alcohol motifs (C(OH)–C–C–N with tert-alkyl or cyclic N) is 1. The van der Waals surface area contributed by atoms with Gasteiger partial charge in [-0.25, -0.2) is 0 Å². The zero-order valence-corrected chi connectivity index (χ0v) is 19.6. The SMILES string of the molecule is CCC(C)(C)NCC(O)c1cncc(C)c1.C[NH-].[CH-]1CCCCC1.[Y]. The molecule has 25 heavy (non-hydrogen) atoms. The van der Waals surface area contributed by atoms with Crippen molar-refractivity contribution in [2.75, 3.05) is 13.6 Å². The van der Waals surface area contributed by atoms with Gasteiger partial charge in [0.25, 0.3) is 0 Å². The maximum atomic E-state index is 10.0. The first-order valence-corrected chi connectivity index (χ1v) is 9.11. The van der Waals surface area contributed by atoms with Gasteiger partial charge in [-0.15, -0.1) is 0 Å². The van der Waals surface area contributed by atoms with Gasteiger partial charge in [-0.3, -0.25) is 4.98 Å². The number of hydrogen-bond acceptors (Lipinski definition) is 3. The smallest absolute Gasteiger partial charge is 0.0929 e. The van der Waals surface area contributed by atoms with Gasteiger partial charge >= 0.3 is 0 Å². The zero-order chi connectivity index (χ0) is 18.4. The van der Waals surface area contributed by atoms with Crippen LogP contribution < -0.4 is 5.32 Å². The average molecular weight is 424 g/mol. The molecule has 0 aliphatic heterocycles. The number of aliphatic hydroxyl groups is 1. The molecule has 1 saturated carbocycles. The molecule has 1 aliphatic rings. The normalized spacial score (nSPS) is 14.8. The maximum absolute atomic E-state index is 10.0. The van der Waals surface area contributed by atoms with Gasteiger partial charge in [-0.05, 0) is 32.8 Å². The number of rotatable bonds is 5. The van der Waals surface area contributed by atoms with Crippen LogP contribution in [0, 0.1) is 13.3 Å². The summed E-state index contributed by atoms with van der Waals surface area (Å²) in [7, 11) is 1.25. The van der Waals surface area contributed by atoms with E-state index < -0.39 is 6.10 Å². The Labute approximate surface area is 180 Å². The fraction of sp³-hybridized carbons (Fsp3) is 0.700. The van der Waals surface area contributed by atoms with Gasteiger partial charge in [0.05, 0.1) is 6.10 Å². The molecule has 1 aliphatic carbocycles. The molecule has 3 N–H and O–H groups in total. The molecule has 143 valence electrons. The van der Waals surface area contributed by atoms with E-state index in [1.165, 1.54) is 39.2 Å². The van der Waals surface area contributed by atoms with Crippen molar-refractivity contribution in [3.8, 4) is 0 Å². The van der Waals surface area contributed by atoms with Crippen LogP contribution in [0.2, 0.25) is 0 Å². The second kappa shape index (κ2) is 16.3. The molecule has 1 aromatic heterocycles. The Morgan fingerprint density at radius 3 is 2.24 bits per heavy atom. The molecule has 2 rings (SSSR count). The summed E-state index contributed by atoms with van der Waals surface area (Å²) in [6.07, 6.45) is 13.6. The van der Waals surface area contributed by atoms with Crippen LogP contribution in [0.1, 0.15) is 76.5 Å². The molecule has 0 bridgehead atoms. The Bertz CT molecular complexity index is 412. The third-order valence-electron chi connectivity index (χ3n) is 4.26. The van der Waals surface area contributed by atoms with Crippen LogP contribution in [0.3, 0.4) is 0 Å². The number of aromatic nitrogens is 1. The van der Waals surface area contributed by atoms with Crippen molar-refractivity contribution in [2.24, 2.45) is 0 Å². The van der Waals surface area contributed by atoms with Gasteiger partial charge in [0.2, 0.25) is 0 Å². The molecular formula is C20H37N3OY-2. The monoisotopic (exact) mass is 424 g/mol. The van der Waals surface area contributed by atoms with Crippen molar-refractivity contribution in [2.45, 2.75) is 77.9 Å². The summed E-state index contributed by atoms with van der Waals surface area (Å²) in [5, 5.41) is 13.3. The minimum Gasteiger partial charge on any atom is -0.680 e. The van der Waals surface area contributed by atoms with E-state index in [2.05, 4.69) is 37.5 Å². The third kappa shape index (κ3) is 13.9. The molecule has 1 radical (unpaired) electrons. The first-order chi connectivity index (χ1) is 11.4.